The van der Waals surface area contributed by atoms with Gasteiger partial charge in [0.05, 0.1) is 22.5 Å². The lowest BCUT2D eigenvalue weighted by Crippen LogP contribution is -2.43. The fraction of sp³-hybridized carbons (Fsp3) is 0.458. The highest BCUT2D eigenvalue weighted by molar-refractivity contribution is 5.88. The van der Waals surface area contributed by atoms with Gasteiger partial charge in [-0.15, -0.1) is 0 Å². The van der Waals surface area contributed by atoms with Crippen LogP contribution in [0.5, 0.6) is 0 Å². The Morgan fingerprint density at radius 3 is 2.53 bits per heavy atom. The lowest BCUT2D eigenvalue weighted by Gasteiger charge is -2.40. The Bertz CT molecular complexity index is 1230. The fourth-order valence-corrected chi connectivity index (χ4v) is 4.58. The summed E-state index contributed by atoms with van der Waals surface area (Å²) >= 11 is 0. The largest absolute Gasteiger partial charge is 0.416 e. The van der Waals surface area contributed by atoms with Crippen LogP contribution in [0.25, 0.3) is 10.9 Å². The van der Waals surface area contributed by atoms with Crippen molar-refractivity contribution in [2.24, 2.45) is 0 Å². The Balaban J connectivity index is 1.81. The second-order valence-corrected chi connectivity index (χ2v) is 8.87. The molecule has 1 N–H and O–H groups in total. The number of pyridine rings is 1. The van der Waals surface area contributed by atoms with E-state index in [9.17, 15) is 18.0 Å². The van der Waals surface area contributed by atoms with E-state index >= 15 is 0 Å². The maximum Gasteiger partial charge on any atom is 0.416 e. The molecule has 1 fully saturated rings. The quantitative estimate of drug-likeness (QED) is 0.533. The molecule has 2 aromatic heterocycles. The number of hydrogen-bond acceptors (Lipinski definition) is 4. The third-order valence-electron chi connectivity index (χ3n) is 6.63. The van der Waals surface area contributed by atoms with E-state index in [4.69, 9.17) is 0 Å². The molecule has 0 spiro atoms. The molecule has 1 aliphatic rings. The van der Waals surface area contributed by atoms with Crippen molar-refractivity contribution in [1.82, 2.24) is 14.5 Å². The summed E-state index contributed by atoms with van der Waals surface area (Å²) in [6.07, 6.45) is 0.867. The Morgan fingerprint density at radius 2 is 1.94 bits per heavy atom. The van der Waals surface area contributed by atoms with Crippen LogP contribution in [-0.2, 0) is 11.7 Å². The van der Waals surface area contributed by atoms with Gasteiger partial charge in [-0.2, -0.15) is 13.2 Å². The van der Waals surface area contributed by atoms with Crippen LogP contribution in [0.4, 0.5) is 19.0 Å². The molecular weight excluding hydrogens is 417 g/mol. The number of halogens is 3. The molecule has 0 amide bonds. The number of nitrogens with zero attached hydrogens (tertiary/aromatic N) is 3. The molecule has 2 heterocycles. The Labute approximate surface area is 184 Å². The molecule has 3 aromatic rings. The number of fused-ring (bicyclic) bond motifs is 1. The van der Waals surface area contributed by atoms with E-state index < -0.39 is 11.7 Å². The van der Waals surface area contributed by atoms with Crippen molar-refractivity contribution in [2.75, 3.05) is 5.32 Å². The van der Waals surface area contributed by atoms with Gasteiger partial charge in [-0.25, -0.2) is 9.97 Å². The summed E-state index contributed by atoms with van der Waals surface area (Å²) in [6, 6.07) is 5.40. The second kappa shape index (κ2) is 7.90. The zero-order valence-electron chi connectivity index (χ0n) is 18.7. The zero-order chi connectivity index (χ0) is 23.3. The molecule has 8 heteroatoms. The first-order valence-electron chi connectivity index (χ1n) is 10.9. The van der Waals surface area contributed by atoms with Crippen LogP contribution >= 0.6 is 0 Å². The third-order valence-corrected chi connectivity index (χ3v) is 6.63. The molecule has 0 aliphatic heterocycles. The van der Waals surface area contributed by atoms with Gasteiger partial charge < -0.3 is 9.88 Å². The summed E-state index contributed by atoms with van der Waals surface area (Å²) in [5.41, 5.74) is 0.337. The highest BCUT2D eigenvalue weighted by Gasteiger charge is 2.35. The number of nitrogens with one attached hydrogen (secondary N) is 1. The van der Waals surface area contributed by atoms with Gasteiger partial charge in [-0.3, -0.25) is 4.79 Å². The molecule has 170 valence electrons. The number of anilines is 1. The number of benzene rings is 1. The van der Waals surface area contributed by atoms with Gasteiger partial charge in [0.25, 0.3) is 5.56 Å². The van der Waals surface area contributed by atoms with Gasteiger partial charge in [-0.05, 0) is 63.6 Å². The zero-order valence-corrected chi connectivity index (χ0v) is 18.7. The highest BCUT2D eigenvalue weighted by Crippen LogP contribution is 2.39. The van der Waals surface area contributed by atoms with E-state index in [0.717, 1.165) is 25.3 Å². The minimum atomic E-state index is -4.41. The molecule has 0 radical (unpaired) electrons. The number of hydrogen-bond donors (Lipinski definition) is 1. The second-order valence-electron chi connectivity index (χ2n) is 8.87. The predicted octanol–water partition coefficient (Wildman–Crippen LogP) is 5.89. The first-order valence-corrected chi connectivity index (χ1v) is 10.9. The summed E-state index contributed by atoms with van der Waals surface area (Å²) in [6.45, 7) is 7.21. The minimum absolute atomic E-state index is 0.107. The molecular formula is C24H27F3N4O. The molecule has 1 unspecified atom stereocenters. The van der Waals surface area contributed by atoms with Crippen molar-refractivity contribution in [3.63, 3.8) is 0 Å². The number of aryl methyl sites for hydroxylation is 1. The van der Waals surface area contributed by atoms with Crippen molar-refractivity contribution in [1.29, 1.82) is 0 Å². The normalized spacial score (nSPS) is 16.6. The molecule has 5 nitrogen and oxygen atoms in total. The van der Waals surface area contributed by atoms with Gasteiger partial charge >= 0.3 is 6.18 Å². The topological polar surface area (TPSA) is 59.8 Å². The Hall–Kier alpha value is -2.90. The van der Waals surface area contributed by atoms with E-state index in [2.05, 4.69) is 22.2 Å². The summed E-state index contributed by atoms with van der Waals surface area (Å²) in [7, 11) is 0. The summed E-state index contributed by atoms with van der Waals surface area (Å²) in [4.78, 5) is 21.7. The van der Waals surface area contributed by atoms with Crippen LogP contribution in [0.2, 0.25) is 0 Å². The van der Waals surface area contributed by atoms with Gasteiger partial charge in [0.15, 0.2) is 0 Å². The van der Waals surface area contributed by atoms with E-state index in [-0.39, 0.29) is 22.7 Å². The van der Waals surface area contributed by atoms with Crippen molar-refractivity contribution in [2.45, 2.75) is 71.1 Å². The smallest absolute Gasteiger partial charge is 0.363 e. The van der Waals surface area contributed by atoms with Gasteiger partial charge in [0.2, 0.25) is 0 Å². The molecule has 1 atom stereocenters. The summed E-state index contributed by atoms with van der Waals surface area (Å²) in [5, 5.41) is 4.04. The highest BCUT2D eigenvalue weighted by atomic mass is 19.4. The van der Waals surface area contributed by atoms with Crippen LogP contribution in [0.15, 0.2) is 35.3 Å². The molecule has 4 rings (SSSR count). The Kier molecular flexibility index (Phi) is 5.51. The SMILES string of the molecule is CCC(Nc1nc(C)nc2cc(=O)n(C3(C)CCC3)cc12)c1cccc(C(F)(F)F)c1C. The van der Waals surface area contributed by atoms with Gasteiger partial charge in [0, 0.05) is 17.8 Å². The van der Waals surface area contributed by atoms with E-state index in [1.807, 2.05) is 6.92 Å². The maximum absolute atomic E-state index is 13.4. The molecule has 0 saturated heterocycles. The molecule has 1 aliphatic carbocycles. The third kappa shape index (κ3) is 3.87. The lowest BCUT2D eigenvalue weighted by molar-refractivity contribution is -0.138. The minimum Gasteiger partial charge on any atom is -0.363 e. The fourth-order valence-electron chi connectivity index (χ4n) is 4.58. The van der Waals surface area contributed by atoms with E-state index in [1.54, 1.807) is 23.8 Å². The number of alkyl halides is 3. The Morgan fingerprint density at radius 1 is 1.22 bits per heavy atom. The first-order chi connectivity index (χ1) is 15.0. The van der Waals surface area contributed by atoms with Crippen LogP contribution in [0, 0.1) is 13.8 Å². The first kappa shape index (κ1) is 22.3. The molecule has 0 bridgehead atoms. The molecule has 1 aromatic carbocycles. The van der Waals surface area contributed by atoms with Crippen LogP contribution in [0.3, 0.4) is 0 Å². The van der Waals surface area contributed by atoms with Gasteiger partial charge in [-0.1, -0.05) is 19.1 Å². The molecule has 32 heavy (non-hydrogen) atoms. The van der Waals surface area contributed by atoms with Crippen molar-refractivity contribution in [3.05, 3.63) is 63.3 Å². The lowest BCUT2D eigenvalue weighted by atomic mass is 9.78. The monoisotopic (exact) mass is 444 g/mol. The summed E-state index contributed by atoms with van der Waals surface area (Å²) < 4.78 is 42.1. The average molecular weight is 445 g/mol. The van der Waals surface area contributed by atoms with Gasteiger partial charge in [0.1, 0.15) is 11.6 Å². The predicted molar refractivity (Wildman–Crippen MR) is 119 cm³/mol. The van der Waals surface area contributed by atoms with Crippen molar-refractivity contribution >= 4 is 16.7 Å². The van der Waals surface area contributed by atoms with E-state index in [1.165, 1.54) is 19.1 Å². The van der Waals surface area contributed by atoms with E-state index in [0.29, 0.717) is 34.5 Å². The van der Waals surface area contributed by atoms with Crippen LogP contribution in [0.1, 0.15) is 68.1 Å². The van der Waals surface area contributed by atoms with Crippen LogP contribution in [-0.4, -0.2) is 14.5 Å². The van der Waals surface area contributed by atoms with Crippen molar-refractivity contribution in [3.8, 4) is 0 Å². The maximum atomic E-state index is 13.4. The van der Waals surface area contributed by atoms with Crippen molar-refractivity contribution < 1.29 is 13.2 Å². The standard InChI is InChI=1S/C24H27F3N4O/c1-5-19(16-8-6-9-18(14(16)2)24(25,26)27)30-22-17-13-31(23(4)10-7-11-23)21(32)12-20(17)28-15(3)29-22/h6,8-9,12-13,19H,5,7,10-11H2,1-4H3,(H,28,29,30). The number of aromatic nitrogens is 3. The van der Waals surface area contributed by atoms with Crippen LogP contribution < -0.4 is 10.9 Å². The average Bonchev–Trinajstić information content (AvgIpc) is 2.69. The summed E-state index contributed by atoms with van der Waals surface area (Å²) in [5.74, 6) is 1.01. The molecule has 1 saturated carbocycles. The number of rotatable bonds is 5.